The van der Waals surface area contributed by atoms with Crippen molar-refractivity contribution in [3.05, 3.63) is 29.6 Å². The molecule has 3 rings (SSSR count). The van der Waals surface area contributed by atoms with E-state index in [2.05, 4.69) is 36.3 Å². The Hall–Kier alpha value is -1.88. The molecule has 0 bridgehead atoms. The van der Waals surface area contributed by atoms with E-state index >= 15 is 0 Å². The monoisotopic (exact) mass is 286 g/mol. The summed E-state index contributed by atoms with van der Waals surface area (Å²) in [7, 11) is 0. The van der Waals surface area contributed by atoms with Gasteiger partial charge in [0.25, 0.3) is 0 Å². The number of hydrogen-bond donors (Lipinski definition) is 2. The van der Waals surface area contributed by atoms with Gasteiger partial charge < -0.3 is 10.3 Å². The lowest BCUT2D eigenvalue weighted by molar-refractivity contribution is -0.124. The highest BCUT2D eigenvalue weighted by Gasteiger charge is 2.37. The van der Waals surface area contributed by atoms with Crippen molar-refractivity contribution in [1.29, 1.82) is 0 Å². The lowest BCUT2D eigenvalue weighted by Gasteiger charge is -2.28. The van der Waals surface area contributed by atoms with Gasteiger partial charge in [-0.05, 0) is 56.9 Å². The van der Waals surface area contributed by atoms with Gasteiger partial charge in [0, 0.05) is 6.04 Å². The summed E-state index contributed by atoms with van der Waals surface area (Å²) in [6.07, 6.45) is 4.02. The molecule has 1 aliphatic carbocycles. The van der Waals surface area contributed by atoms with Gasteiger partial charge in [-0.2, -0.15) is 0 Å². The zero-order chi connectivity index (χ0) is 15.2. The zero-order valence-corrected chi connectivity index (χ0v) is 12.8. The lowest BCUT2D eigenvalue weighted by Crippen LogP contribution is -2.56. The van der Waals surface area contributed by atoms with Crippen molar-refractivity contribution in [2.24, 2.45) is 5.73 Å². The Balaban J connectivity index is 1.95. The number of carbonyl (C=O) groups is 1. The van der Waals surface area contributed by atoms with E-state index < -0.39 is 5.54 Å². The van der Waals surface area contributed by atoms with Crippen LogP contribution in [0.5, 0.6) is 0 Å². The average Bonchev–Trinajstić information content (AvgIpc) is 3.14. The van der Waals surface area contributed by atoms with Crippen LogP contribution in [0.15, 0.2) is 18.5 Å². The highest BCUT2D eigenvalue weighted by molar-refractivity contribution is 5.85. The van der Waals surface area contributed by atoms with Crippen LogP contribution in [0.4, 0.5) is 0 Å². The second-order valence-electron chi connectivity index (χ2n) is 6.41. The Labute approximate surface area is 124 Å². The van der Waals surface area contributed by atoms with E-state index in [9.17, 15) is 4.79 Å². The second kappa shape index (κ2) is 4.84. The molecule has 0 radical (unpaired) electrons. The van der Waals surface area contributed by atoms with Gasteiger partial charge in [-0.3, -0.25) is 10.1 Å². The molecule has 1 fully saturated rings. The number of aromatic nitrogens is 2. The quantitative estimate of drug-likeness (QED) is 0.877. The van der Waals surface area contributed by atoms with Crippen molar-refractivity contribution < 1.29 is 4.79 Å². The smallest absolute Gasteiger partial charge is 0.239 e. The van der Waals surface area contributed by atoms with Gasteiger partial charge in [-0.15, -0.1) is 0 Å². The molecule has 1 unspecified atom stereocenters. The molecule has 1 heterocycles. The number of nitrogens with one attached hydrogen (secondary N) is 1. The number of amides is 1. The predicted octanol–water partition coefficient (Wildman–Crippen LogP) is 1.65. The van der Waals surface area contributed by atoms with Crippen molar-refractivity contribution in [2.75, 3.05) is 0 Å². The molecule has 2 aromatic rings. The van der Waals surface area contributed by atoms with Crippen LogP contribution in [0.2, 0.25) is 0 Å². The molecule has 1 aromatic heterocycles. The number of rotatable bonds is 5. The zero-order valence-electron chi connectivity index (χ0n) is 12.8. The first-order valence-corrected chi connectivity index (χ1v) is 7.39. The molecule has 0 saturated heterocycles. The molecule has 0 spiro atoms. The van der Waals surface area contributed by atoms with Crippen LogP contribution in [0, 0.1) is 13.8 Å². The van der Waals surface area contributed by atoms with Crippen LogP contribution in [0.25, 0.3) is 11.0 Å². The summed E-state index contributed by atoms with van der Waals surface area (Å²) in [5.41, 5.74) is 9.33. The first kappa shape index (κ1) is 14.1. The van der Waals surface area contributed by atoms with Crippen LogP contribution in [-0.2, 0) is 11.3 Å². The first-order chi connectivity index (χ1) is 9.89. The minimum absolute atomic E-state index is 0.319. The number of nitrogens with two attached hydrogens (primary N) is 1. The third-order valence-electron chi connectivity index (χ3n) is 4.37. The maximum absolute atomic E-state index is 11.9. The van der Waals surface area contributed by atoms with Gasteiger partial charge in [0.15, 0.2) is 0 Å². The third-order valence-corrected chi connectivity index (χ3v) is 4.37. The number of hydrogen-bond acceptors (Lipinski definition) is 3. The van der Waals surface area contributed by atoms with Crippen LogP contribution < -0.4 is 11.1 Å². The van der Waals surface area contributed by atoms with Crippen molar-refractivity contribution in [1.82, 2.24) is 14.9 Å². The van der Waals surface area contributed by atoms with Gasteiger partial charge >= 0.3 is 0 Å². The van der Waals surface area contributed by atoms with E-state index in [4.69, 9.17) is 5.73 Å². The molecule has 5 nitrogen and oxygen atoms in total. The molecular formula is C16H22N4O. The molecule has 112 valence electrons. The summed E-state index contributed by atoms with van der Waals surface area (Å²) < 4.78 is 2.02. The number of primary amides is 1. The summed E-state index contributed by atoms with van der Waals surface area (Å²) in [5.74, 6) is -0.319. The summed E-state index contributed by atoms with van der Waals surface area (Å²) in [6.45, 7) is 6.54. The minimum atomic E-state index is -0.742. The highest BCUT2D eigenvalue weighted by atomic mass is 16.1. The second-order valence-corrected chi connectivity index (χ2v) is 6.41. The topological polar surface area (TPSA) is 72.9 Å². The summed E-state index contributed by atoms with van der Waals surface area (Å²) >= 11 is 0. The first-order valence-electron chi connectivity index (χ1n) is 7.39. The molecular weight excluding hydrogens is 264 g/mol. The van der Waals surface area contributed by atoms with Gasteiger partial charge in [0.2, 0.25) is 5.91 Å². The Morgan fingerprint density at radius 2 is 2.10 bits per heavy atom. The van der Waals surface area contributed by atoms with Gasteiger partial charge in [0.1, 0.15) is 5.54 Å². The molecule has 1 atom stereocenters. The van der Waals surface area contributed by atoms with E-state index in [1.165, 1.54) is 11.1 Å². The standard InChI is InChI=1S/C16H22N4O/c1-10-6-13-14(7-11(10)2)20(9-18-13)8-16(3,15(17)21)19-12-4-5-12/h6-7,9,12,19H,4-5,8H2,1-3H3,(H2,17,21). The number of fused-ring (bicyclic) bond motifs is 1. The molecule has 1 amide bonds. The predicted molar refractivity (Wildman–Crippen MR) is 83.0 cm³/mol. The molecule has 1 aromatic carbocycles. The highest BCUT2D eigenvalue weighted by Crippen LogP contribution is 2.25. The van der Waals surface area contributed by atoms with Crippen molar-refractivity contribution >= 4 is 16.9 Å². The van der Waals surface area contributed by atoms with E-state index in [0.717, 1.165) is 23.9 Å². The van der Waals surface area contributed by atoms with E-state index in [1.54, 1.807) is 6.33 Å². The Morgan fingerprint density at radius 3 is 2.71 bits per heavy atom. The molecule has 5 heteroatoms. The molecule has 3 N–H and O–H groups in total. The Kier molecular flexibility index (Phi) is 3.24. The van der Waals surface area contributed by atoms with Crippen LogP contribution >= 0.6 is 0 Å². The molecule has 0 aliphatic heterocycles. The summed E-state index contributed by atoms with van der Waals surface area (Å²) in [5, 5.41) is 3.37. The van der Waals surface area contributed by atoms with E-state index in [0.29, 0.717) is 12.6 Å². The number of benzene rings is 1. The molecule has 1 saturated carbocycles. The van der Waals surface area contributed by atoms with Gasteiger partial charge in [-0.25, -0.2) is 4.98 Å². The number of carbonyl (C=O) groups excluding carboxylic acids is 1. The van der Waals surface area contributed by atoms with Gasteiger partial charge in [0.05, 0.1) is 23.9 Å². The Morgan fingerprint density at radius 1 is 1.43 bits per heavy atom. The van der Waals surface area contributed by atoms with E-state index in [-0.39, 0.29) is 5.91 Å². The normalized spacial score (nSPS) is 17.9. The lowest BCUT2D eigenvalue weighted by atomic mass is 10.0. The van der Waals surface area contributed by atoms with Crippen molar-refractivity contribution in [2.45, 2.75) is 51.7 Å². The molecule has 1 aliphatic rings. The van der Waals surface area contributed by atoms with Crippen molar-refractivity contribution in [3.63, 3.8) is 0 Å². The van der Waals surface area contributed by atoms with Crippen molar-refractivity contribution in [3.8, 4) is 0 Å². The fourth-order valence-electron chi connectivity index (χ4n) is 2.65. The fraction of sp³-hybridized carbons (Fsp3) is 0.500. The fourth-order valence-corrected chi connectivity index (χ4v) is 2.65. The van der Waals surface area contributed by atoms with Crippen LogP contribution in [-0.4, -0.2) is 27.0 Å². The average molecular weight is 286 g/mol. The maximum Gasteiger partial charge on any atom is 0.239 e. The van der Waals surface area contributed by atoms with Crippen LogP contribution in [0.1, 0.15) is 30.9 Å². The SMILES string of the molecule is Cc1cc2ncn(CC(C)(NC3CC3)C(N)=O)c2cc1C. The summed E-state index contributed by atoms with van der Waals surface area (Å²) in [6, 6.07) is 4.62. The molecule has 21 heavy (non-hydrogen) atoms. The minimum Gasteiger partial charge on any atom is -0.368 e. The largest absolute Gasteiger partial charge is 0.368 e. The number of nitrogens with zero attached hydrogens (tertiary/aromatic N) is 2. The number of imidazole rings is 1. The summed E-state index contributed by atoms with van der Waals surface area (Å²) in [4.78, 5) is 16.3. The van der Waals surface area contributed by atoms with Gasteiger partial charge in [-0.1, -0.05) is 0 Å². The Bertz CT molecular complexity index is 702. The third kappa shape index (κ3) is 2.65. The maximum atomic E-state index is 11.9. The number of aryl methyl sites for hydroxylation is 2. The van der Waals surface area contributed by atoms with E-state index in [1.807, 2.05) is 11.5 Å². The van der Waals surface area contributed by atoms with Crippen LogP contribution in [0.3, 0.4) is 0 Å².